The first kappa shape index (κ1) is 27.8. The van der Waals surface area contributed by atoms with Crippen LogP contribution in [0.15, 0.2) is 91.0 Å². The topological polar surface area (TPSA) is 70.6 Å². The number of hydrogen-bond donors (Lipinski definition) is 0. The van der Waals surface area contributed by atoms with Crippen molar-refractivity contribution in [1.82, 2.24) is 9.88 Å². The lowest BCUT2D eigenvalue weighted by molar-refractivity contribution is -0.122. The monoisotopic (exact) mass is 593 g/mol. The van der Waals surface area contributed by atoms with Crippen molar-refractivity contribution in [3.05, 3.63) is 118 Å². The quantitative estimate of drug-likeness (QED) is 0.186. The molecule has 6 rings (SSSR count). The number of aromatic nitrogens is 1. The first-order chi connectivity index (χ1) is 20.3. The molecule has 0 N–H and O–H groups in total. The molecule has 1 fully saturated rings. The van der Waals surface area contributed by atoms with Gasteiger partial charge in [0, 0.05) is 22.7 Å². The van der Waals surface area contributed by atoms with Crippen molar-refractivity contribution in [1.29, 1.82) is 0 Å². The number of anilines is 1. The highest BCUT2D eigenvalue weighted by Crippen LogP contribution is 2.33. The fraction of sp³-hybridized carbons (Fsp3) is 0.176. The number of hydrogen-bond acceptors (Lipinski definition) is 5. The lowest BCUT2D eigenvalue weighted by atomic mass is 10.1. The van der Waals surface area contributed by atoms with Gasteiger partial charge in [0.2, 0.25) is 5.91 Å². The van der Waals surface area contributed by atoms with E-state index in [0.29, 0.717) is 22.7 Å². The van der Waals surface area contributed by atoms with Crippen molar-refractivity contribution >= 4 is 56.6 Å². The summed E-state index contributed by atoms with van der Waals surface area (Å²) in [6, 6.07) is 27.2. The number of benzene rings is 4. The Hall–Kier alpha value is -4.33. The molecule has 0 radical (unpaired) electrons. The third-order valence-corrected chi connectivity index (χ3v) is 8.81. The molecule has 1 atom stereocenters. The summed E-state index contributed by atoms with van der Waals surface area (Å²) >= 11 is 7.78. The molecule has 42 heavy (non-hydrogen) atoms. The third-order valence-electron chi connectivity index (χ3n) is 7.51. The Morgan fingerprint density at radius 1 is 0.952 bits per heavy atom. The van der Waals surface area contributed by atoms with Gasteiger partial charge in [0.05, 0.1) is 22.3 Å². The molecule has 4 aromatic carbocycles. The van der Waals surface area contributed by atoms with E-state index in [2.05, 4.69) is 13.0 Å². The zero-order valence-electron chi connectivity index (χ0n) is 23.2. The van der Waals surface area contributed by atoms with Gasteiger partial charge in [0.1, 0.15) is 11.0 Å². The van der Waals surface area contributed by atoms with E-state index in [9.17, 15) is 14.4 Å². The molecule has 0 spiro atoms. The number of rotatable bonds is 7. The molecule has 2 heterocycles. The van der Waals surface area contributed by atoms with Gasteiger partial charge in [0.15, 0.2) is 0 Å². The molecule has 0 saturated carbocycles. The Morgan fingerprint density at radius 2 is 1.69 bits per heavy atom. The minimum absolute atomic E-state index is 0.0784. The van der Waals surface area contributed by atoms with Gasteiger partial charge >= 0.3 is 0 Å². The predicted molar refractivity (Wildman–Crippen MR) is 168 cm³/mol. The van der Waals surface area contributed by atoms with Crippen molar-refractivity contribution in [3.63, 3.8) is 0 Å². The maximum atomic E-state index is 13.8. The first-order valence-electron chi connectivity index (χ1n) is 13.7. The summed E-state index contributed by atoms with van der Waals surface area (Å²) < 4.78 is 1.11. The zero-order valence-corrected chi connectivity index (χ0v) is 24.8. The Morgan fingerprint density at radius 3 is 2.43 bits per heavy atom. The summed E-state index contributed by atoms with van der Waals surface area (Å²) in [5.74, 6) is -1.03. The number of thiazole rings is 1. The molecule has 0 bridgehead atoms. The molecule has 3 amide bonds. The molecule has 0 aliphatic carbocycles. The van der Waals surface area contributed by atoms with Gasteiger partial charge in [-0.25, -0.2) is 9.88 Å². The number of amides is 3. The standard InChI is InChI=1S/C34H28ClN3O3S/c1-21-6-9-25(10-7-21)33(40)37(17-16-23-4-3-5-26(35)19-23)29-20-31(39)38(34(29)41)27-13-11-24(12-14-27)32-36-28-15-8-22(2)18-30(28)42-32/h3-15,18-19,29H,16-17,20H2,1-2H3. The van der Waals surface area contributed by atoms with Crippen LogP contribution < -0.4 is 4.90 Å². The molecule has 1 unspecified atom stereocenters. The predicted octanol–water partition coefficient (Wildman–Crippen LogP) is 7.25. The minimum atomic E-state index is -0.905. The minimum Gasteiger partial charge on any atom is -0.326 e. The van der Waals surface area contributed by atoms with Crippen LogP contribution in [0.2, 0.25) is 5.02 Å². The fourth-order valence-corrected chi connectivity index (χ4v) is 6.52. The van der Waals surface area contributed by atoms with Crippen LogP contribution in [-0.4, -0.2) is 40.2 Å². The number of imide groups is 1. The highest BCUT2D eigenvalue weighted by Gasteiger charge is 2.44. The van der Waals surface area contributed by atoms with Gasteiger partial charge in [-0.3, -0.25) is 14.4 Å². The summed E-state index contributed by atoms with van der Waals surface area (Å²) in [7, 11) is 0. The Labute approximate surface area is 253 Å². The number of carbonyl (C=O) groups excluding carboxylic acids is 3. The normalized spacial score (nSPS) is 15.0. The van der Waals surface area contributed by atoms with Crippen molar-refractivity contribution in [2.75, 3.05) is 11.4 Å². The molecule has 1 aromatic heterocycles. The number of nitrogens with zero attached hydrogens (tertiary/aromatic N) is 3. The average molecular weight is 594 g/mol. The fourth-order valence-electron chi connectivity index (χ4n) is 5.24. The molecule has 1 saturated heterocycles. The molecule has 1 aliphatic rings. The summed E-state index contributed by atoms with van der Waals surface area (Å²) in [6.45, 7) is 4.27. The van der Waals surface area contributed by atoms with Crippen LogP contribution in [0.3, 0.4) is 0 Å². The first-order valence-corrected chi connectivity index (χ1v) is 14.9. The molecule has 1 aliphatic heterocycles. The van der Waals surface area contributed by atoms with Crippen molar-refractivity contribution < 1.29 is 14.4 Å². The smallest absolute Gasteiger partial charge is 0.257 e. The second kappa shape index (κ2) is 11.5. The van der Waals surface area contributed by atoms with E-state index in [4.69, 9.17) is 16.6 Å². The lowest BCUT2D eigenvalue weighted by Crippen LogP contribution is -2.46. The second-order valence-corrected chi connectivity index (χ2v) is 12.0. The Balaban J connectivity index is 1.26. The summed E-state index contributed by atoms with van der Waals surface area (Å²) in [6.07, 6.45) is 0.414. The van der Waals surface area contributed by atoms with E-state index >= 15 is 0 Å². The van der Waals surface area contributed by atoms with Crippen LogP contribution in [0.25, 0.3) is 20.8 Å². The maximum absolute atomic E-state index is 13.8. The zero-order chi connectivity index (χ0) is 29.4. The van der Waals surface area contributed by atoms with Crippen molar-refractivity contribution in [2.24, 2.45) is 0 Å². The Bertz CT molecular complexity index is 1810. The van der Waals surface area contributed by atoms with Crippen LogP contribution in [0, 0.1) is 13.8 Å². The van der Waals surface area contributed by atoms with Crippen molar-refractivity contribution in [3.8, 4) is 10.6 Å². The van der Waals surface area contributed by atoms with Gasteiger partial charge in [-0.2, -0.15) is 0 Å². The van der Waals surface area contributed by atoms with E-state index in [1.54, 1.807) is 41.7 Å². The highest BCUT2D eigenvalue weighted by molar-refractivity contribution is 7.21. The molecule has 6 nitrogen and oxygen atoms in total. The number of halogens is 1. The molecular weight excluding hydrogens is 566 g/mol. The van der Waals surface area contributed by atoms with E-state index < -0.39 is 11.9 Å². The summed E-state index contributed by atoms with van der Waals surface area (Å²) in [5, 5.41) is 1.47. The summed E-state index contributed by atoms with van der Waals surface area (Å²) in [5.41, 5.74) is 5.94. The van der Waals surface area contributed by atoms with E-state index in [-0.39, 0.29) is 24.8 Å². The SMILES string of the molecule is Cc1ccc(C(=O)N(CCc2cccc(Cl)c2)C2CC(=O)N(c3ccc(-c4nc5ccc(C)cc5s4)cc3)C2=O)cc1. The van der Waals surface area contributed by atoms with Crippen molar-refractivity contribution in [2.45, 2.75) is 32.7 Å². The van der Waals surface area contributed by atoms with Gasteiger partial charge in [-0.1, -0.05) is 47.5 Å². The van der Waals surface area contributed by atoms with Crippen LogP contribution in [0.1, 0.15) is 33.5 Å². The second-order valence-electron chi connectivity index (χ2n) is 10.6. The lowest BCUT2D eigenvalue weighted by Gasteiger charge is -2.28. The molecular formula is C34H28ClN3O3S. The Kier molecular flexibility index (Phi) is 7.62. The largest absolute Gasteiger partial charge is 0.326 e. The number of carbonyl (C=O) groups is 3. The number of aryl methyl sites for hydroxylation is 2. The van der Waals surface area contributed by atoms with Gasteiger partial charge in [-0.15, -0.1) is 11.3 Å². The van der Waals surface area contributed by atoms with Crippen LogP contribution in [0.4, 0.5) is 5.69 Å². The van der Waals surface area contributed by atoms with E-state index in [1.807, 2.05) is 61.5 Å². The maximum Gasteiger partial charge on any atom is 0.257 e. The van der Waals surface area contributed by atoms with Gasteiger partial charge in [0.25, 0.3) is 11.8 Å². The van der Waals surface area contributed by atoms with Crippen LogP contribution in [-0.2, 0) is 16.0 Å². The summed E-state index contributed by atoms with van der Waals surface area (Å²) in [4.78, 5) is 48.3. The third kappa shape index (κ3) is 5.58. The number of fused-ring (bicyclic) bond motifs is 1. The highest BCUT2D eigenvalue weighted by atomic mass is 35.5. The average Bonchev–Trinajstić information content (AvgIpc) is 3.53. The van der Waals surface area contributed by atoms with Gasteiger partial charge < -0.3 is 4.90 Å². The van der Waals surface area contributed by atoms with Crippen LogP contribution in [0.5, 0.6) is 0 Å². The molecule has 210 valence electrons. The van der Waals surface area contributed by atoms with E-state index in [1.165, 1.54) is 15.4 Å². The molecule has 5 aromatic rings. The van der Waals surface area contributed by atoms with Crippen LogP contribution >= 0.6 is 22.9 Å². The molecule has 8 heteroatoms. The van der Waals surface area contributed by atoms with Gasteiger partial charge in [-0.05, 0) is 92.1 Å². The van der Waals surface area contributed by atoms with E-state index in [0.717, 1.165) is 31.9 Å².